The molecular weight excluding hydrogens is 410 g/mol. The maximum atomic E-state index is 13.8. The van der Waals surface area contributed by atoms with Crippen molar-refractivity contribution in [3.63, 3.8) is 0 Å². The van der Waals surface area contributed by atoms with Crippen LogP contribution in [0, 0.1) is 19.8 Å². The number of para-hydroxylation sites is 1. The molecule has 0 radical (unpaired) electrons. The van der Waals surface area contributed by atoms with Gasteiger partial charge in [-0.3, -0.25) is 24.3 Å². The summed E-state index contributed by atoms with van der Waals surface area (Å²) in [7, 11) is 0. The van der Waals surface area contributed by atoms with Gasteiger partial charge in [0.1, 0.15) is 0 Å². The second kappa shape index (κ2) is 9.22. The molecule has 0 saturated carbocycles. The molecule has 0 bridgehead atoms. The molecular formula is C24H29N3O3S. The van der Waals surface area contributed by atoms with Gasteiger partial charge >= 0.3 is 0 Å². The predicted molar refractivity (Wildman–Crippen MR) is 124 cm³/mol. The monoisotopic (exact) mass is 439 g/mol. The van der Waals surface area contributed by atoms with Gasteiger partial charge in [0.05, 0.1) is 17.3 Å². The average Bonchev–Trinajstić information content (AvgIpc) is 3.12. The minimum Gasteiger partial charge on any atom is -0.349 e. The van der Waals surface area contributed by atoms with Crippen LogP contribution in [0.2, 0.25) is 0 Å². The molecule has 2 heterocycles. The van der Waals surface area contributed by atoms with Crippen LogP contribution >= 0.6 is 11.8 Å². The summed E-state index contributed by atoms with van der Waals surface area (Å²) in [5, 5.41) is 3.02. The summed E-state index contributed by atoms with van der Waals surface area (Å²) in [5.74, 6) is -0.575. The van der Waals surface area contributed by atoms with Crippen molar-refractivity contribution in [2.45, 2.75) is 52.6 Å². The third kappa shape index (κ3) is 5.34. The highest BCUT2D eigenvalue weighted by molar-refractivity contribution is 8.14. The Bertz CT molecular complexity index is 965. The second-order valence-electron chi connectivity index (χ2n) is 8.93. The Morgan fingerprint density at radius 1 is 1.13 bits per heavy atom. The predicted octanol–water partition coefficient (Wildman–Crippen LogP) is 3.97. The Morgan fingerprint density at radius 2 is 1.81 bits per heavy atom. The number of thioether (sulfide) groups is 1. The number of rotatable bonds is 5. The maximum Gasteiger partial charge on any atom is 0.249 e. The number of hydrogen-bond acceptors (Lipinski definition) is 5. The largest absolute Gasteiger partial charge is 0.349 e. The summed E-state index contributed by atoms with van der Waals surface area (Å²) in [4.78, 5) is 45.3. The molecule has 0 unspecified atom stereocenters. The van der Waals surface area contributed by atoms with E-state index in [2.05, 4.69) is 10.3 Å². The Morgan fingerprint density at radius 3 is 2.32 bits per heavy atom. The van der Waals surface area contributed by atoms with Gasteiger partial charge in [0.15, 0.2) is 11.2 Å². The fraction of sp³-hybridized carbons (Fsp3) is 0.417. The van der Waals surface area contributed by atoms with Crippen molar-refractivity contribution < 1.29 is 14.4 Å². The van der Waals surface area contributed by atoms with Crippen molar-refractivity contribution in [1.29, 1.82) is 0 Å². The van der Waals surface area contributed by atoms with Crippen LogP contribution in [0.1, 0.15) is 50.1 Å². The highest BCUT2D eigenvalue weighted by Crippen LogP contribution is 2.37. The number of anilines is 1. The number of amides is 2. The quantitative estimate of drug-likeness (QED) is 0.763. The third-order valence-corrected chi connectivity index (χ3v) is 6.16. The first-order valence-electron chi connectivity index (χ1n) is 10.4. The van der Waals surface area contributed by atoms with Crippen LogP contribution in [0.4, 0.5) is 5.69 Å². The smallest absolute Gasteiger partial charge is 0.249 e. The minimum absolute atomic E-state index is 0.00772. The van der Waals surface area contributed by atoms with E-state index in [-0.39, 0.29) is 23.4 Å². The molecule has 1 fully saturated rings. The lowest BCUT2D eigenvalue weighted by molar-refractivity contribution is -0.129. The van der Waals surface area contributed by atoms with E-state index in [4.69, 9.17) is 0 Å². The molecule has 2 aromatic rings. The first-order chi connectivity index (χ1) is 14.6. The summed E-state index contributed by atoms with van der Waals surface area (Å²) in [5.41, 5.74) is 2.46. The molecule has 1 aromatic heterocycles. The molecule has 1 aliphatic heterocycles. The van der Waals surface area contributed by atoms with Crippen molar-refractivity contribution in [3.8, 4) is 0 Å². The fourth-order valence-electron chi connectivity index (χ4n) is 3.78. The van der Waals surface area contributed by atoms with Crippen LogP contribution in [0.3, 0.4) is 0 Å². The molecule has 1 N–H and O–H groups in total. The van der Waals surface area contributed by atoms with Gasteiger partial charge in [-0.1, -0.05) is 36.0 Å². The molecule has 6 nitrogen and oxygen atoms in total. The zero-order chi connectivity index (χ0) is 22.8. The summed E-state index contributed by atoms with van der Waals surface area (Å²) in [6, 6.07) is 10.2. The van der Waals surface area contributed by atoms with Gasteiger partial charge in [-0.25, -0.2) is 0 Å². The summed E-state index contributed by atoms with van der Waals surface area (Å²) < 4.78 is 0. The lowest BCUT2D eigenvalue weighted by atomic mass is 9.98. The van der Waals surface area contributed by atoms with E-state index in [9.17, 15) is 14.4 Å². The molecule has 1 saturated heterocycles. The van der Waals surface area contributed by atoms with Gasteiger partial charge in [0.25, 0.3) is 0 Å². The number of aryl methyl sites for hydroxylation is 2. The van der Waals surface area contributed by atoms with Gasteiger partial charge in [0.2, 0.25) is 11.8 Å². The number of nitrogens with one attached hydrogen (secondary N) is 1. The number of aromatic nitrogens is 1. The van der Waals surface area contributed by atoms with E-state index in [1.165, 1.54) is 11.8 Å². The van der Waals surface area contributed by atoms with Gasteiger partial charge in [-0.05, 0) is 57.9 Å². The lowest BCUT2D eigenvalue weighted by Gasteiger charge is -2.36. The van der Waals surface area contributed by atoms with Crippen LogP contribution in [-0.2, 0) is 14.4 Å². The summed E-state index contributed by atoms with van der Waals surface area (Å²) >= 11 is 1.18. The minimum atomic E-state index is -0.951. The second-order valence-corrected chi connectivity index (χ2v) is 10.0. The number of nitrogens with zero attached hydrogens (tertiary/aromatic N) is 2. The Kier molecular flexibility index (Phi) is 6.84. The average molecular weight is 440 g/mol. The summed E-state index contributed by atoms with van der Waals surface area (Å²) in [6.45, 7) is 9.55. The zero-order valence-electron chi connectivity index (χ0n) is 18.6. The standard InChI is InChI=1S/C24H29N3O3S/c1-15-9-8-10-16(2)20(15)27(23(30)17-13-19(28)31-14-17)21(18-11-6-7-12-25-18)22(29)26-24(3,4)5/h6-12,17,21H,13-14H2,1-5H3,(H,26,29)/t17-,21-/m0/s1. The van der Waals surface area contributed by atoms with Crippen molar-refractivity contribution in [3.05, 3.63) is 59.4 Å². The topological polar surface area (TPSA) is 79.4 Å². The van der Waals surface area contributed by atoms with Gasteiger partial charge < -0.3 is 5.32 Å². The van der Waals surface area contributed by atoms with Crippen molar-refractivity contribution in [2.75, 3.05) is 10.7 Å². The van der Waals surface area contributed by atoms with Crippen molar-refractivity contribution >= 4 is 34.4 Å². The Labute approximate surface area is 187 Å². The first-order valence-corrected chi connectivity index (χ1v) is 11.3. The van der Waals surface area contributed by atoms with E-state index in [1.54, 1.807) is 23.2 Å². The number of benzene rings is 1. The van der Waals surface area contributed by atoms with Crippen molar-refractivity contribution in [1.82, 2.24) is 10.3 Å². The number of hydrogen-bond donors (Lipinski definition) is 1. The SMILES string of the molecule is Cc1cccc(C)c1N(C(=O)[C@@H]1CSC(=O)C1)[C@H](C(=O)NC(C)(C)C)c1ccccn1. The molecule has 164 valence electrons. The van der Waals surface area contributed by atoms with Crippen LogP contribution in [-0.4, -0.2) is 33.2 Å². The number of pyridine rings is 1. The number of carbonyl (C=O) groups excluding carboxylic acids is 3. The van der Waals surface area contributed by atoms with Gasteiger partial charge in [0, 0.05) is 23.9 Å². The fourth-order valence-corrected chi connectivity index (χ4v) is 4.75. The first kappa shape index (κ1) is 23.0. The highest BCUT2D eigenvalue weighted by atomic mass is 32.2. The molecule has 2 atom stereocenters. The zero-order valence-corrected chi connectivity index (χ0v) is 19.5. The van der Waals surface area contributed by atoms with Crippen LogP contribution in [0.25, 0.3) is 0 Å². The normalized spacial score (nSPS) is 17.3. The maximum absolute atomic E-state index is 13.8. The lowest BCUT2D eigenvalue weighted by Crippen LogP contribution is -2.51. The van der Waals surface area contributed by atoms with Gasteiger partial charge in [-0.2, -0.15) is 0 Å². The molecule has 31 heavy (non-hydrogen) atoms. The Balaban J connectivity index is 2.18. The molecule has 0 aliphatic carbocycles. The molecule has 2 amide bonds. The molecule has 3 rings (SSSR count). The molecule has 7 heteroatoms. The van der Waals surface area contributed by atoms with Gasteiger partial charge in [-0.15, -0.1) is 0 Å². The third-order valence-electron chi connectivity index (χ3n) is 5.10. The molecule has 1 aliphatic rings. The van der Waals surface area contributed by atoms with E-state index in [0.717, 1.165) is 11.1 Å². The van der Waals surface area contributed by atoms with E-state index < -0.39 is 17.5 Å². The highest BCUT2D eigenvalue weighted by Gasteiger charge is 2.41. The van der Waals surface area contributed by atoms with E-state index in [0.29, 0.717) is 17.1 Å². The van der Waals surface area contributed by atoms with Crippen LogP contribution in [0.5, 0.6) is 0 Å². The van der Waals surface area contributed by atoms with E-state index >= 15 is 0 Å². The van der Waals surface area contributed by atoms with Crippen LogP contribution in [0.15, 0.2) is 42.6 Å². The molecule has 0 spiro atoms. The number of carbonyl (C=O) groups is 3. The van der Waals surface area contributed by atoms with Crippen molar-refractivity contribution in [2.24, 2.45) is 5.92 Å². The Hall–Kier alpha value is -2.67. The summed E-state index contributed by atoms with van der Waals surface area (Å²) in [6.07, 6.45) is 1.80. The van der Waals surface area contributed by atoms with Crippen LogP contribution < -0.4 is 10.2 Å². The van der Waals surface area contributed by atoms with E-state index in [1.807, 2.05) is 58.9 Å². The molecule has 1 aromatic carbocycles.